The summed E-state index contributed by atoms with van der Waals surface area (Å²) in [6.45, 7) is 0.563. The maximum atomic E-state index is 12.0. The predicted molar refractivity (Wildman–Crippen MR) is 101 cm³/mol. The second kappa shape index (κ2) is 8.44. The third-order valence-electron chi connectivity index (χ3n) is 3.83. The van der Waals surface area contributed by atoms with Gasteiger partial charge in [-0.1, -0.05) is 30.3 Å². The molecule has 0 unspecified atom stereocenters. The quantitative estimate of drug-likeness (QED) is 0.697. The zero-order valence-corrected chi connectivity index (χ0v) is 14.9. The number of hydrogen-bond acceptors (Lipinski definition) is 4. The van der Waals surface area contributed by atoms with Crippen LogP contribution in [0.25, 0.3) is 10.6 Å². The van der Waals surface area contributed by atoms with Gasteiger partial charge in [-0.3, -0.25) is 4.79 Å². The molecule has 3 rings (SSSR count). The number of nitrogens with one attached hydrogen (secondary N) is 1. The van der Waals surface area contributed by atoms with Gasteiger partial charge in [0.05, 0.1) is 12.8 Å². The second-order valence-electron chi connectivity index (χ2n) is 5.63. The molecule has 0 aliphatic carbocycles. The van der Waals surface area contributed by atoms with E-state index in [1.165, 1.54) is 0 Å². The van der Waals surface area contributed by atoms with Gasteiger partial charge in [0.25, 0.3) is 0 Å². The Hall–Kier alpha value is -2.66. The molecule has 0 atom stereocenters. The minimum absolute atomic E-state index is 0.0443. The molecule has 4 nitrogen and oxygen atoms in total. The van der Waals surface area contributed by atoms with Crippen LogP contribution in [0.2, 0.25) is 0 Å². The van der Waals surface area contributed by atoms with Crippen molar-refractivity contribution in [3.05, 3.63) is 71.2 Å². The van der Waals surface area contributed by atoms with Crippen molar-refractivity contribution in [2.45, 2.75) is 19.4 Å². The molecule has 0 aliphatic rings. The van der Waals surface area contributed by atoms with Crippen LogP contribution < -0.4 is 10.1 Å². The fourth-order valence-electron chi connectivity index (χ4n) is 2.41. The van der Waals surface area contributed by atoms with Crippen molar-refractivity contribution in [3.63, 3.8) is 0 Å². The maximum Gasteiger partial charge on any atom is 0.220 e. The Morgan fingerprint density at radius 1 is 1.12 bits per heavy atom. The third kappa shape index (κ3) is 4.90. The predicted octanol–water partition coefficient (Wildman–Crippen LogP) is 4.07. The third-order valence-corrected chi connectivity index (χ3v) is 4.77. The van der Waals surface area contributed by atoms with Gasteiger partial charge in [-0.2, -0.15) is 0 Å². The highest BCUT2D eigenvalue weighted by Gasteiger charge is 2.08. The highest BCUT2D eigenvalue weighted by molar-refractivity contribution is 7.13. The fourth-order valence-corrected chi connectivity index (χ4v) is 3.27. The van der Waals surface area contributed by atoms with E-state index >= 15 is 0 Å². The van der Waals surface area contributed by atoms with E-state index in [2.05, 4.69) is 10.3 Å². The number of benzene rings is 2. The summed E-state index contributed by atoms with van der Waals surface area (Å²) < 4.78 is 5.17. The first kappa shape index (κ1) is 17.2. The lowest BCUT2D eigenvalue weighted by atomic mass is 10.2. The maximum absolute atomic E-state index is 12.0. The Morgan fingerprint density at radius 2 is 1.88 bits per heavy atom. The average Bonchev–Trinajstić information content (AvgIpc) is 3.14. The lowest BCUT2D eigenvalue weighted by molar-refractivity contribution is -0.121. The SMILES string of the molecule is COc1ccc(-c2nc(CCC(=O)NCc3ccccc3)cs2)cc1. The van der Waals surface area contributed by atoms with E-state index in [0.717, 1.165) is 27.6 Å². The summed E-state index contributed by atoms with van der Waals surface area (Å²) in [4.78, 5) is 16.6. The van der Waals surface area contributed by atoms with Gasteiger partial charge >= 0.3 is 0 Å². The molecule has 5 heteroatoms. The smallest absolute Gasteiger partial charge is 0.220 e. The normalized spacial score (nSPS) is 10.4. The monoisotopic (exact) mass is 352 g/mol. The van der Waals surface area contributed by atoms with E-state index in [0.29, 0.717) is 19.4 Å². The first-order valence-corrected chi connectivity index (χ1v) is 9.02. The van der Waals surface area contributed by atoms with E-state index < -0.39 is 0 Å². The van der Waals surface area contributed by atoms with E-state index in [1.54, 1.807) is 18.4 Å². The molecule has 25 heavy (non-hydrogen) atoms. The van der Waals surface area contributed by atoms with Crippen molar-refractivity contribution in [2.24, 2.45) is 0 Å². The summed E-state index contributed by atoms with van der Waals surface area (Å²) in [6.07, 6.45) is 1.09. The molecule has 128 valence electrons. The Morgan fingerprint density at radius 3 is 2.60 bits per heavy atom. The molecule has 1 amide bonds. The van der Waals surface area contributed by atoms with Gasteiger partial charge in [0.15, 0.2) is 0 Å². The molecule has 1 heterocycles. The number of rotatable bonds is 7. The summed E-state index contributed by atoms with van der Waals surface area (Å²) >= 11 is 1.59. The number of aromatic nitrogens is 1. The molecule has 2 aromatic carbocycles. The van der Waals surface area contributed by atoms with Gasteiger partial charge in [-0.05, 0) is 36.2 Å². The van der Waals surface area contributed by atoms with Gasteiger partial charge in [0.2, 0.25) is 5.91 Å². The molecule has 1 aromatic heterocycles. The molecule has 0 bridgehead atoms. The summed E-state index contributed by atoms with van der Waals surface area (Å²) in [7, 11) is 1.65. The first-order chi connectivity index (χ1) is 12.2. The number of methoxy groups -OCH3 is 1. The summed E-state index contributed by atoms with van der Waals surface area (Å²) in [5, 5.41) is 5.92. The van der Waals surface area contributed by atoms with Crippen LogP contribution in [0.4, 0.5) is 0 Å². The standard InChI is InChI=1S/C20H20N2O2S/c1-24-18-10-7-16(8-11-18)20-22-17(14-25-20)9-12-19(23)21-13-15-5-3-2-4-6-15/h2-8,10-11,14H,9,12-13H2,1H3,(H,21,23). The van der Waals surface area contributed by atoms with Crippen LogP contribution in [-0.4, -0.2) is 18.0 Å². The highest BCUT2D eigenvalue weighted by Crippen LogP contribution is 2.26. The van der Waals surface area contributed by atoms with Gasteiger partial charge in [-0.25, -0.2) is 4.98 Å². The van der Waals surface area contributed by atoms with E-state index in [9.17, 15) is 4.79 Å². The van der Waals surface area contributed by atoms with Gasteiger partial charge < -0.3 is 10.1 Å². The Bertz CT molecular complexity index is 813. The summed E-state index contributed by atoms with van der Waals surface area (Å²) in [5.74, 6) is 0.874. The van der Waals surface area contributed by atoms with Gasteiger partial charge in [0.1, 0.15) is 10.8 Å². The minimum Gasteiger partial charge on any atom is -0.497 e. The lowest BCUT2D eigenvalue weighted by Gasteiger charge is -2.04. The zero-order chi connectivity index (χ0) is 17.5. The van der Waals surface area contributed by atoms with E-state index in [4.69, 9.17) is 4.74 Å². The van der Waals surface area contributed by atoms with Crippen LogP contribution in [0.15, 0.2) is 60.0 Å². The lowest BCUT2D eigenvalue weighted by Crippen LogP contribution is -2.22. The zero-order valence-electron chi connectivity index (χ0n) is 14.1. The van der Waals surface area contributed by atoms with Crippen molar-refractivity contribution in [1.29, 1.82) is 0 Å². The van der Waals surface area contributed by atoms with Crippen molar-refractivity contribution >= 4 is 17.2 Å². The molecular formula is C20H20N2O2S. The number of carbonyl (C=O) groups is 1. The molecule has 0 saturated carbocycles. The fraction of sp³-hybridized carbons (Fsp3) is 0.200. The van der Waals surface area contributed by atoms with Crippen molar-refractivity contribution in [1.82, 2.24) is 10.3 Å². The number of hydrogen-bond donors (Lipinski definition) is 1. The number of nitrogens with zero attached hydrogens (tertiary/aromatic N) is 1. The topological polar surface area (TPSA) is 51.2 Å². The van der Waals surface area contributed by atoms with Crippen LogP contribution in [-0.2, 0) is 17.8 Å². The second-order valence-corrected chi connectivity index (χ2v) is 6.49. The highest BCUT2D eigenvalue weighted by atomic mass is 32.1. The van der Waals surface area contributed by atoms with Crippen molar-refractivity contribution in [3.8, 4) is 16.3 Å². The number of ether oxygens (including phenoxy) is 1. The number of aryl methyl sites for hydroxylation is 1. The average molecular weight is 352 g/mol. The number of carbonyl (C=O) groups excluding carboxylic acids is 1. The van der Waals surface area contributed by atoms with Crippen molar-refractivity contribution in [2.75, 3.05) is 7.11 Å². The molecule has 0 radical (unpaired) electrons. The minimum atomic E-state index is 0.0443. The molecule has 0 spiro atoms. The van der Waals surface area contributed by atoms with Crippen molar-refractivity contribution < 1.29 is 9.53 Å². The molecule has 3 aromatic rings. The summed E-state index contributed by atoms with van der Waals surface area (Å²) in [6, 6.07) is 17.7. The van der Waals surface area contributed by atoms with Crippen LogP contribution in [0.1, 0.15) is 17.7 Å². The van der Waals surface area contributed by atoms with Gasteiger partial charge in [-0.15, -0.1) is 11.3 Å². The van der Waals surface area contributed by atoms with Crippen LogP contribution in [0.5, 0.6) is 5.75 Å². The molecule has 1 N–H and O–H groups in total. The van der Waals surface area contributed by atoms with E-state index in [1.807, 2.05) is 60.0 Å². The van der Waals surface area contributed by atoms with Crippen LogP contribution in [0, 0.1) is 0 Å². The molecule has 0 saturated heterocycles. The largest absolute Gasteiger partial charge is 0.497 e. The molecular weight excluding hydrogens is 332 g/mol. The van der Waals surface area contributed by atoms with E-state index in [-0.39, 0.29) is 5.91 Å². The number of thiazole rings is 1. The molecule has 0 aliphatic heterocycles. The van der Waals surface area contributed by atoms with Crippen LogP contribution >= 0.6 is 11.3 Å². The van der Waals surface area contributed by atoms with Crippen LogP contribution in [0.3, 0.4) is 0 Å². The number of amides is 1. The summed E-state index contributed by atoms with van der Waals surface area (Å²) in [5.41, 5.74) is 3.11. The first-order valence-electron chi connectivity index (χ1n) is 8.14. The Kier molecular flexibility index (Phi) is 5.80. The van der Waals surface area contributed by atoms with Gasteiger partial charge in [0, 0.05) is 23.9 Å². The molecule has 0 fully saturated rings. The Balaban J connectivity index is 1.50. The Labute approximate surface area is 151 Å².